The standard InChI is InChI=1S/C20H14N2O4/c23-17-13-7-1-2-8-14(13)18(24)21(17)11-5-6-12-22-19(25)15-9-3-4-10-16(15)20(22)26/h1-10H,11-12H2/b6-5-. The summed E-state index contributed by atoms with van der Waals surface area (Å²) in [6.45, 7) is 0.186. The van der Waals surface area contributed by atoms with Gasteiger partial charge < -0.3 is 0 Å². The molecule has 4 rings (SSSR count). The third kappa shape index (κ3) is 2.35. The van der Waals surface area contributed by atoms with Gasteiger partial charge in [-0.3, -0.25) is 29.0 Å². The summed E-state index contributed by atoms with van der Waals surface area (Å²) in [4.78, 5) is 51.3. The van der Waals surface area contributed by atoms with Crippen molar-refractivity contribution in [3.8, 4) is 0 Å². The minimum Gasteiger partial charge on any atom is -0.270 e. The molecule has 0 saturated heterocycles. The third-order valence-electron chi connectivity index (χ3n) is 4.50. The van der Waals surface area contributed by atoms with Gasteiger partial charge in [-0.1, -0.05) is 36.4 Å². The topological polar surface area (TPSA) is 74.8 Å². The Hall–Kier alpha value is -3.54. The predicted molar refractivity (Wildman–Crippen MR) is 92.8 cm³/mol. The van der Waals surface area contributed by atoms with Crippen molar-refractivity contribution in [2.75, 3.05) is 13.1 Å². The molecule has 2 aliphatic heterocycles. The summed E-state index contributed by atoms with van der Waals surface area (Å²) in [5, 5.41) is 0. The molecule has 0 radical (unpaired) electrons. The molecule has 0 aromatic heterocycles. The van der Waals surface area contributed by atoms with Gasteiger partial charge >= 0.3 is 0 Å². The molecule has 6 nitrogen and oxygen atoms in total. The number of fused-ring (bicyclic) bond motifs is 2. The Morgan fingerprint density at radius 2 is 0.808 bits per heavy atom. The number of hydrogen-bond donors (Lipinski definition) is 0. The maximum absolute atomic E-state index is 12.3. The van der Waals surface area contributed by atoms with Gasteiger partial charge in [0.1, 0.15) is 0 Å². The van der Waals surface area contributed by atoms with Crippen molar-refractivity contribution in [3.05, 3.63) is 82.9 Å². The van der Waals surface area contributed by atoms with Gasteiger partial charge in [0, 0.05) is 13.1 Å². The second-order valence-electron chi connectivity index (χ2n) is 6.00. The number of hydrogen-bond acceptors (Lipinski definition) is 4. The number of imide groups is 2. The Labute approximate surface area is 149 Å². The van der Waals surface area contributed by atoms with E-state index in [9.17, 15) is 19.2 Å². The first kappa shape index (κ1) is 16.0. The SMILES string of the molecule is O=C1c2ccccc2C(=O)N1C/C=C\CN1C(=O)c2ccccc2C1=O. The van der Waals surface area contributed by atoms with Crippen LogP contribution in [0.1, 0.15) is 41.4 Å². The predicted octanol–water partition coefficient (Wildman–Crippen LogP) is 2.13. The summed E-state index contributed by atoms with van der Waals surface area (Å²) in [6, 6.07) is 13.3. The van der Waals surface area contributed by atoms with Gasteiger partial charge in [-0.15, -0.1) is 0 Å². The quantitative estimate of drug-likeness (QED) is 0.628. The van der Waals surface area contributed by atoms with Crippen molar-refractivity contribution < 1.29 is 19.2 Å². The highest BCUT2D eigenvalue weighted by Crippen LogP contribution is 2.23. The molecule has 2 aromatic carbocycles. The highest BCUT2D eigenvalue weighted by molar-refractivity contribution is 6.22. The summed E-state index contributed by atoms with van der Waals surface area (Å²) in [5.41, 5.74) is 1.58. The minimum absolute atomic E-state index is 0.0928. The molecule has 26 heavy (non-hydrogen) atoms. The average molecular weight is 346 g/mol. The monoisotopic (exact) mass is 346 g/mol. The summed E-state index contributed by atoms with van der Waals surface area (Å²) in [5.74, 6) is -1.35. The molecule has 0 saturated carbocycles. The van der Waals surface area contributed by atoms with E-state index < -0.39 is 0 Å². The largest absolute Gasteiger partial charge is 0.270 e. The first-order chi connectivity index (χ1) is 12.6. The molecule has 6 heteroatoms. The van der Waals surface area contributed by atoms with Crippen LogP contribution < -0.4 is 0 Å². The fourth-order valence-electron chi connectivity index (χ4n) is 3.17. The molecule has 0 unspecified atom stereocenters. The van der Waals surface area contributed by atoms with Gasteiger partial charge in [0.05, 0.1) is 22.3 Å². The Morgan fingerprint density at radius 3 is 1.08 bits per heavy atom. The zero-order valence-corrected chi connectivity index (χ0v) is 13.7. The lowest BCUT2D eigenvalue weighted by molar-refractivity contribution is 0.0651. The Morgan fingerprint density at radius 1 is 0.538 bits per heavy atom. The van der Waals surface area contributed by atoms with E-state index in [2.05, 4.69) is 0 Å². The normalized spacial score (nSPS) is 16.0. The molecule has 0 N–H and O–H groups in total. The minimum atomic E-state index is -0.337. The van der Waals surface area contributed by atoms with E-state index in [-0.39, 0.29) is 36.7 Å². The van der Waals surface area contributed by atoms with Crippen molar-refractivity contribution in [1.82, 2.24) is 9.80 Å². The van der Waals surface area contributed by atoms with E-state index in [4.69, 9.17) is 0 Å². The van der Waals surface area contributed by atoms with Crippen LogP contribution in [0.4, 0.5) is 0 Å². The number of nitrogens with zero attached hydrogens (tertiary/aromatic N) is 2. The number of benzene rings is 2. The highest BCUT2D eigenvalue weighted by Gasteiger charge is 2.35. The van der Waals surface area contributed by atoms with Crippen molar-refractivity contribution in [2.24, 2.45) is 0 Å². The summed E-state index contributed by atoms with van der Waals surface area (Å²) < 4.78 is 0. The second kappa shape index (κ2) is 6.07. The summed E-state index contributed by atoms with van der Waals surface area (Å²) in [7, 11) is 0. The second-order valence-corrected chi connectivity index (χ2v) is 6.00. The fourth-order valence-corrected chi connectivity index (χ4v) is 3.17. The van der Waals surface area contributed by atoms with Crippen LogP contribution in [0.2, 0.25) is 0 Å². The van der Waals surface area contributed by atoms with Gasteiger partial charge in [0.2, 0.25) is 0 Å². The van der Waals surface area contributed by atoms with Crippen molar-refractivity contribution in [1.29, 1.82) is 0 Å². The number of rotatable bonds is 4. The molecule has 0 bridgehead atoms. The zero-order chi connectivity index (χ0) is 18.3. The van der Waals surface area contributed by atoms with Gasteiger partial charge in [-0.05, 0) is 24.3 Å². The van der Waals surface area contributed by atoms with E-state index in [1.54, 1.807) is 60.7 Å². The lowest BCUT2D eigenvalue weighted by Crippen LogP contribution is -2.31. The van der Waals surface area contributed by atoms with E-state index in [1.165, 1.54) is 0 Å². The first-order valence-electron chi connectivity index (χ1n) is 8.15. The molecule has 2 aromatic rings. The van der Waals surface area contributed by atoms with Crippen LogP contribution in [0.25, 0.3) is 0 Å². The number of carbonyl (C=O) groups is 4. The van der Waals surface area contributed by atoms with Gasteiger partial charge in [-0.2, -0.15) is 0 Å². The molecule has 0 spiro atoms. The van der Waals surface area contributed by atoms with Crippen LogP contribution in [-0.2, 0) is 0 Å². The fraction of sp³-hybridized carbons (Fsp3) is 0.100. The van der Waals surface area contributed by atoms with E-state index in [0.717, 1.165) is 9.80 Å². The Bertz CT molecular complexity index is 843. The molecule has 0 fully saturated rings. The van der Waals surface area contributed by atoms with Crippen LogP contribution in [0.5, 0.6) is 0 Å². The third-order valence-corrected chi connectivity index (χ3v) is 4.50. The van der Waals surface area contributed by atoms with Crippen molar-refractivity contribution in [3.63, 3.8) is 0 Å². The van der Waals surface area contributed by atoms with Crippen molar-refractivity contribution >= 4 is 23.6 Å². The molecule has 128 valence electrons. The van der Waals surface area contributed by atoms with E-state index >= 15 is 0 Å². The van der Waals surface area contributed by atoms with Crippen molar-refractivity contribution in [2.45, 2.75) is 0 Å². The molecule has 2 heterocycles. The molecule has 4 amide bonds. The number of carbonyl (C=O) groups excluding carboxylic acids is 4. The maximum Gasteiger partial charge on any atom is 0.261 e. The molecule has 2 aliphatic rings. The summed E-state index contributed by atoms with van der Waals surface area (Å²) in [6.07, 6.45) is 3.23. The molecule has 0 aliphatic carbocycles. The maximum atomic E-state index is 12.3. The molecule has 0 atom stereocenters. The zero-order valence-electron chi connectivity index (χ0n) is 13.7. The lowest BCUT2D eigenvalue weighted by atomic mass is 10.1. The van der Waals surface area contributed by atoms with E-state index in [0.29, 0.717) is 22.3 Å². The van der Waals surface area contributed by atoms with Crippen LogP contribution in [0, 0.1) is 0 Å². The van der Waals surface area contributed by atoms with Crippen LogP contribution in [0.15, 0.2) is 60.7 Å². The lowest BCUT2D eigenvalue weighted by Gasteiger charge is -2.12. The first-order valence-corrected chi connectivity index (χ1v) is 8.15. The highest BCUT2D eigenvalue weighted by atomic mass is 16.2. The Kier molecular flexibility index (Phi) is 3.73. The number of amides is 4. The Balaban J connectivity index is 1.42. The average Bonchev–Trinajstić information content (AvgIpc) is 3.06. The smallest absolute Gasteiger partial charge is 0.261 e. The summed E-state index contributed by atoms with van der Waals surface area (Å²) >= 11 is 0. The van der Waals surface area contributed by atoms with Gasteiger partial charge in [0.15, 0.2) is 0 Å². The molecular weight excluding hydrogens is 332 g/mol. The van der Waals surface area contributed by atoms with Crippen LogP contribution in [-0.4, -0.2) is 46.5 Å². The van der Waals surface area contributed by atoms with E-state index in [1.807, 2.05) is 0 Å². The van der Waals surface area contributed by atoms with Crippen LogP contribution in [0.3, 0.4) is 0 Å². The van der Waals surface area contributed by atoms with Gasteiger partial charge in [-0.25, -0.2) is 0 Å². The molecular formula is C20H14N2O4. The van der Waals surface area contributed by atoms with Crippen LogP contribution >= 0.6 is 0 Å². The van der Waals surface area contributed by atoms with Gasteiger partial charge in [0.25, 0.3) is 23.6 Å².